The molecule has 0 heterocycles. The van der Waals surface area contributed by atoms with Gasteiger partial charge in [0.1, 0.15) is 0 Å². The fourth-order valence-electron chi connectivity index (χ4n) is 1.76. The Kier molecular flexibility index (Phi) is 5.26. The summed E-state index contributed by atoms with van der Waals surface area (Å²) in [6.07, 6.45) is 3.27. The van der Waals surface area contributed by atoms with Crippen molar-refractivity contribution in [1.82, 2.24) is 5.32 Å². The van der Waals surface area contributed by atoms with Crippen LogP contribution in [-0.4, -0.2) is 11.1 Å². The van der Waals surface area contributed by atoms with Crippen molar-refractivity contribution in [1.29, 1.82) is 0 Å². The van der Waals surface area contributed by atoms with Gasteiger partial charge in [-0.2, -0.15) is 0 Å². The molecule has 0 radical (unpaired) electrons. The van der Waals surface area contributed by atoms with Gasteiger partial charge in [0.15, 0.2) is 11.6 Å². The molecule has 1 aromatic rings. The summed E-state index contributed by atoms with van der Waals surface area (Å²) in [7, 11) is 0. The van der Waals surface area contributed by atoms with Crippen LogP contribution in [0.3, 0.4) is 0 Å². The summed E-state index contributed by atoms with van der Waals surface area (Å²) in [6.45, 7) is 4.78. The molecule has 0 aliphatic heterocycles. The number of nitrogens with one attached hydrogen (secondary N) is 1. The number of hydrogen-bond acceptors (Lipinski definition) is 2. The van der Waals surface area contributed by atoms with Crippen LogP contribution < -0.4 is 5.32 Å². The van der Waals surface area contributed by atoms with Crippen molar-refractivity contribution >= 4 is 0 Å². The van der Waals surface area contributed by atoms with Gasteiger partial charge in [-0.15, -0.1) is 0 Å². The molecule has 0 aliphatic rings. The molecule has 90 valence electrons. The van der Waals surface area contributed by atoms with Crippen molar-refractivity contribution in [2.45, 2.75) is 45.7 Å². The van der Waals surface area contributed by atoms with Crippen molar-refractivity contribution in [2.24, 2.45) is 0 Å². The molecule has 0 fully saturated rings. The van der Waals surface area contributed by atoms with Crippen molar-refractivity contribution in [3.05, 3.63) is 29.6 Å². The summed E-state index contributed by atoms with van der Waals surface area (Å²) in [4.78, 5) is 0. The van der Waals surface area contributed by atoms with E-state index < -0.39 is 5.82 Å². The third kappa shape index (κ3) is 3.49. The lowest BCUT2D eigenvalue weighted by molar-refractivity contribution is 0.413. The third-order valence-electron chi connectivity index (χ3n) is 2.78. The summed E-state index contributed by atoms with van der Waals surface area (Å²) in [5.41, 5.74) is 0.620. The number of para-hydroxylation sites is 1. The Morgan fingerprint density at radius 2 is 2.12 bits per heavy atom. The Balaban J connectivity index is 2.56. The van der Waals surface area contributed by atoms with E-state index in [0.29, 0.717) is 18.2 Å². The van der Waals surface area contributed by atoms with Gasteiger partial charge >= 0.3 is 0 Å². The minimum atomic E-state index is -0.553. The zero-order valence-electron chi connectivity index (χ0n) is 9.96. The molecule has 0 amide bonds. The summed E-state index contributed by atoms with van der Waals surface area (Å²) in [5.74, 6) is -0.788. The highest BCUT2D eigenvalue weighted by Gasteiger charge is 2.08. The van der Waals surface area contributed by atoms with Crippen LogP contribution in [0, 0.1) is 5.82 Å². The Hall–Kier alpha value is -1.09. The molecule has 3 heteroatoms. The summed E-state index contributed by atoms with van der Waals surface area (Å²) < 4.78 is 13.1. The lowest BCUT2D eigenvalue weighted by atomic mass is 10.1. The van der Waals surface area contributed by atoms with Crippen LogP contribution >= 0.6 is 0 Å². The SMILES string of the molecule is CCCC(CC)NCc1cccc(F)c1O. The topological polar surface area (TPSA) is 32.3 Å². The van der Waals surface area contributed by atoms with Crippen LogP contribution in [0.2, 0.25) is 0 Å². The predicted octanol–water partition coefficient (Wildman–Crippen LogP) is 3.20. The van der Waals surface area contributed by atoms with Gasteiger partial charge in [-0.1, -0.05) is 32.4 Å². The largest absolute Gasteiger partial charge is 0.505 e. The Morgan fingerprint density at radius 1 is 1.38 bits per heavy atom. The molecule has 1 rings (SSSR count). The maximum Gasteiger partial charge on any atom is 0.165 e. The number of benzene rings is 1. The number of phenols is 1. The fourth-order valence-corrected chi connectivity index (χ4v) is 1.76. The molecule has 1 aromatic carbocycles. The molecule has 0 aliphatic carbocycles. The molecule has 1 unspecified atom stereocenters. The van der Waals surface area contributed by atoms with Crippen molar-refractivity contribution < 1.29 is 9.50 Å². The number of hydrogen-bond donors (Lipinski definition) is 2. The average molecular weight is 225 g/mol. The normalized spacial score (nSPS) is 12.7. The van der Waals surface area contributed by atoms with Gasteiger partial charge in [-0.25, -0.2) is 4.39 Å². The molecular formula is C13H20FNO. The van der Waals surface area contributed by atoms with Crippen LogP contribution in [0.5, 0.6) is 5.75 Å². The lowest BCUT2D eigenvalue weighted by Gasteiger charge is -2.16. The van der Waals surface area contributed by atoms with Crippen molar-refractivity contribution in [2.75, 3.05) is 0 Å². The highest BCUT2D eigenvalue weighted by Crippen LogP contribution is 2.20. The molecule has 16 heavy (non-hydrogen) atoms. The minimum Gasteiger partial charge on any atom is -0.505 e. The second-order valence-electron chi connectivity index (χ2n) is 4.02. The van der Waals surface area contributed by atoms with E-state index in [1.165, 1.54) is 6.07 Å². The van der Waals surface area contributed by atoms with Gasteiger partial charge < -0.3 is 10.4 Å². The first-order valence-corrected chi connectivity index (χ1v) is 5.88. The first-order valence-electron chi connectivity index (χ1n) is 5.88. The van der Waals surface area contributed by atoms with Gasteiger partial charge in [0, 0.05) is 18.2 Å². The van der Waals surface area contributed by atoms with E-state index in [4.69, 9.17) is 0 Å². The first-order chi connectivity index (χ1) is 7.69. The Labute approximate surface area is 96.5 Å². The maximum atomic E-state index is 13.1. The highest BCUT2D eigenvalue weighted by atomic mass is 19.1. The first kappa shape index (κ1) is 13.0. The number of phenolic OH excluding ortho intramolecular Hbond substituents is 1. The predicted molar refractivity (Wildman–Crippen MR) is 63.9 cm³/mol. The number of halogens is 1. The molecule has 0 spiro atoms. The van der Waals surface area contributed by atoms with E-state index in [-0.39, 0.29) is 5.75 Å². The van der Waals surface area contributed by atoms with Crippen LogP contribution in [0.25, 0.3) is 0 Å². The molecule has 0 saturated carbocycles. The lowest BCUT2D eigenvalue weighted by Crippen LogP contribution is -2.27. The Morgan fingerprint density at radius 3 is 2.75 bits per heavy atom. The van der Waals surface area contributed by atoms with Crippen molar-refractivity contribution in [3.8, 4) is 5.75 Å². The minimum absolute atomic E-state index is 0.235. The van der Waals surface area contributed by atoms with Crippen LogP contribution in [-0.2, 0) is 6.54 Å². The summed E-state index contributed by atoms with van der Waals surface area (Å²) >= 11 is 0. The van der Waals surface area contributed by atoms with E-state index in [0.717, 1.165) is 19.3 Å². The quantitative estimate of drug-likeness (QED) is 0.779. The van der Waals surface area contributed by atoms with Crippen LogP contribution in [0.15, 0.2) is 18.2 Å². The molecule has 0 aromatic heterocycles. The van der Waals surface area contributed by atoms with E-state index in [1.54, 1.807) is 12.1 Å². The summed E-state index contributed by atoms with van der Waals surface area (Å²) in [6, 6.07) is 5.06. The fraction of sp³-hybridized carbons (Fsp3) is 0.538. The highest BCUT2D eigenvalue weighted by molar-refractivity contribution is 5.33. The number of rotatable bonds is 6. The second-order valence-corrected chi connectivity index (χ2v) is 4.02. The average Bonchev–Trinajstić information content (AvgIpc) is 2.29. The van der Waals surface area contributed by atoms with Crippen molar-refractivity contribution in [3.63, 3.8) is 0 Å². The zero-order valence-corrected chi connectivity index (χ0v) is 9.96. The third-order valence-corrected chi connectivity index (χ3v) is 2.78. The van der Waals surface area contributed by atoms with Gasteiger partial charge in [0.25, 0.3) is 0 Å². The summed E-state index contributed by atoms with van der Waals surface area (Å²) in [5, 5.41) is 12.8. The zero-order chi connectivity index (χ0) is 12.0. The van der Waals surface area contributed by atoms with Gasteiger partial charge in [0.05, 0.1) is 0 Å². The second kappa shape index (κ2) is 6.48. The molecule has 2 N–H and O–H groups in total. The van der Waals surface area contributed by atoms with Gasteiger partial charge in [-0.05, 0) is 18.9 Å². The number of aromatic hydroxyl groups is 1. The van der Waals surface area contributed by atoms with Gasteiger partial charge in [-0.3, -0.25) is 0 Å². The van der Waals surface area contributed by atoms with E-state index in [2.05, 4.69) is 19.2 Å². The van der Waals surface area contributed by atoms with Crippen LogP contribution in [0.1, 0.15) is 38.7 Å². The smallest absolute Gasteiger partial charge is 0.165 e. The molecule has 0 saturated heterocycles. The standard InChI is InChI=1S/C13H20FNO/c1-3-6-11(4-2)15-9-10-7-5-8-12(14)13(10)16/h5,7-8,11,15-16H,3-4,6,9H2,1-2H3. The maximum absolute atomic E-state index is 13.1. The molecule has 1 atom stereocenters. The van der Waals surface area contributed by atoms with E-state index in [9.17, 15) is 9.50 Å². The van der Waals surface area contributed by atoms with Crippen LogP contribution in [0.4, 0.5) is 4.39 Å². The van der Waals surface area contributed by atoms with E-state index >= 15 is 0 Å². The molecule has 2 nitrogen and oxygen atoms in total. The van der Waals surface area contributed by atoms with Gasteiger partial charge in [0.2, 0.25) is 0 Å². The molecular weight excluding hydrogens is 205 g/mol. The molecule has 0 bridgehead atoms. The van der Waals surface area contributed by atoms with E-state index in [1.807, 2.05) is 0 Å². The Bertz CT molecular complexity index is 328. The monoisotopic (exact) mass is 225 g/mol.